The van der Waals surface area contributed by atoms with E-state index in [9.17, 15) is 0 Å². The summed E-state index contributed by atoms with van der Waals surface area (Å²) in [7, 11) is 0. The number of rotatable bonds is 2. The maximum absolute atomic E-state index is 5.53. The van der Waals surface area contributed by atoms with Gasteiger partial charge in [0, 0.05) is 0 Å². The van der Waals surface area contributed by atoms with Crippen LogP contribution in [0.2, 0.25) is 5.35 Å². The number of benzene rings is 1. The lowest BCUT2D eigenvalue weighted by molar-refractivity contribution is 0.506. The van der Waals surface area contributed by atoms with E-state index in [4.69, 9.17) is 16.0 Å². The van der Waals surface area contributed by atoms with Crippen LogP contribution in [0.4, 0.5) is 0 Å². The molecule has 0 saturated carbocycles. The Labute approximate surface area is 86.7 Å². The Balaban J connectivity index is 2.23. The molecule has 72 valence electrons. The van der Waals surface area contributed by atoms with Gasteiger partial charge in [-0.3, -0.25) is 0 Å². The SMILES string of the molecule is Cc1ccccc1Cc1nnc(Cl)o1. The van der Waals surface area contributed by atoms with Crippen LogP contribution >= 0.6 is 11.6 Å². The summed E-state index contributed by atoms with van der Waals surface area (Å²) in [6.07, 6.45) is 0.631. The van der Waals surface area contributed by atoms with E-state index in [1.807, 2.05) is 31.2 Å². The van der Waals surface area contributed by atoms with Gasteiger partial charge in [0.1, 0.15) is 0 Å². The molecule has 3 nitrogen and oxygen atoms in total. The monoisotopic (exact) mass is 208 g/mol. The molecule has 0 N–H and O–H groups in total. The molecule has 0 radical (unpaired) electrons. The van der Waals surface area contributed by atoms with Gasteiger partial charge in [-0.2, -0.15) is 0 Å². The molecule has 14 heavy (non-hydrogen) atoms. The predicted molar refractivity (Wildman–Crippen MR) is 53.3 cm³/mol. The summed E-state index contributed by atoms with van der Waals surface area (Å²) in [5.41, 5.74) is 2.38. The highest BCUT2D eigenvalue weighted by molar-refractivity contribution is 6.27. The molecule has 0 fully saturated rings. The lowest BCUT2D eigenvalue weighted by Gasteiger charge is -2.00. The Morgan fingerprint density at radius 2 is 2.07 bits per heavy atom. The second-order valence-electron chi connectivity index (χ2n) is 3.05. The maximum atomic E-state index is 5.53. The molecule has 0 aliphatic heterocycles. The molecule has 1 heterocycles. The Kier molecular flexibility index (Phi) is 2.50. The summed E-state index contributed by atoms with van der Waals surface area (Å²) in [5, 5.41) is 7.49. The minimum absolute atomic E-state index is 0.0913. The number of aromatic nitrogens is 2. The number of hydrogen-bond donors (Lipinski definition) is 0. The molecule has 1 aromatic heterocycles. The molecule has 0 spiro atoms. The Hall–Kier alpha value is -1.35. The molecule has 0 aliphatic rings. The average Bonchev–Trinajstić information content (AvgIpc) is 2.56. The Morgan fingerprint density at radius 3 is 2.71 bits per heavy atom. The second-order valence-corrected chi connectivity index (χ2v) is 3.38. The van der Waals surface area contributed by atoms with Crippen LogP contribution in [0, 0.1) is 6.92 Å². The van der Waals surface area contributed by atoms with Crippen molar-refractivity contribution in [3.05, 3.63) is 46.6 Å². The van der Waals surface area contributed by atoms with E-state index in [2.05, 4.69) is 10.2 Å². The van der Waals surface area contributed by atoms with E-state index in [0.29, 0.717) is 12.3 Å². The Bertz CT molecular complexity index is 439. The largest absolute Gasteiger partial charge is 0.412 e. The van der Waals surface area contributed by atoms with E-state index in [-0.39, 0.29) is 5.35 Å². The maximum Gasteiger partial charge on any atom is 0.312 e. The fourth-order valence-electron chi connectivity index (χ4n) is 1.28. The van der Waals surface area contributed by atoms with Gasteiger partial charge >= 0.3 is 5.35 Å². The van der Waals surface area contributed by atoms with Crippen molar-refractivity contribution in [2.75, 3.05) is 0 Å². The van der Waals surface area contributed by atoms with E-state index >= 15 is 0 Å². The zero-order valence-corrected chi connectivity index (χ0v) is 8.45. The van der Waals surface area contributed by atoms with Crippen molar-refractivity contribution >= 4 is 11.6 Å². The van der Waals surface area contributed by atoms with Crippen LogP contribution in [-0.2, 0) is 6.42 Å². The highest BCUT2D eigenvalue weighted by atomic mass is 35.5. The number of nitrogens with zero attached hydrogens (tertiary/aromatic N) is 2. The quantitative estimate of drug-likeness (QED) is 0.762. The highest BCUT2D eigenvalue weighted by Crippen LogP contribution is 2.14. The van der Waals surface area contributed by atoms with Crippen molar-refractivity contribution in [3.63, 3.8) is 0 Å². The van der Waals surface area contributed by atoms with Crippen LogP contribution in [0.25, 0.3) is 0 Å². The molecule has 0 bridgehead atoms. The molecule has 0 amide bonds. The van der Waals surface area contributed by atoms with Crippen molar-refractivity contribution < 1.29 is 4.42 Å². The minimum Gasteiger partial charge on any atom is -0.412 e. The van der Waals surface area contributed by atoms with Gasteiger partial charge in [0.25, 0.3) is 0 Å². The van der Waals surface area contributed by atoms with Gasteiger partial charge in [-0.1, -0.05) is 29.4 Å². The average molecular weight is 209 g/mol. The zero-order valence-electron chi connectivity index (χ0n) is 7.70. The van der Waals surface area contributed by atoms with E-state index in [1.165, 1.54) is 11.1 Å². The molecular formula is C10H9ClN2O. The van der Waals surface area contributed by atoms with Gasteiger partial charge in [0.2, 0.25) is 5.89 Å². The fourth-order valence-corrected chi connectivity index (χ4v) is 1.40. The molecule has 2 aromatic rings. The molecule has 0 saturated heterocycles. The first-order valence-corrected chi connectivity index (χ1v) is 4.66. The fraction of sp³-hybridized carbons (Fsp3) is 0.200. The summed E-state index contributed by atoms with van der Waals surface area (Å²) >= 11 is 5.53. The molecule has 0 aliphatic carbocycles. The summed E-state index contributed by atoms with van der Waals surface area (Å²) in [6.45, 7) is 2.05. The molecule has 0 atom stereocenters. The van der Waals surface area contributed by atoms with Gasteiger partial charge in [0.15, 0.2) is 0 Å². The molecule has 0 unspecified atom stereocenters. The van der Waals surface area contributed by atoms with E-state index in [0.717, 1.165) is 0 Å². The van der Waals surface area contributed by atoms with Crippen LogP contribution in [-0.4, -0.2) is 10.2 Å². The summed E-state index contributed by atoms with van der Waals surface area (Å²) < 4.78 is 5.09. The third-order valence-electron chi connectivity index (χ3n) is 2.05. The standard InChI is InChI=1S/C10H9ClN2O/c1-7-4-2-3-5-8(7)6-9-12-13-10(11)14-9/h2-5H,6H2,1H3. The van der Waals surface area contributed by atoms with Crippen molar-refractivity contribution in [1.29, 1.82) is 0 Å². The smallest absolute Gasteiger partial charge is 0.312 e. The van der Waals surface area contributed by atoms with Crippen LogP contribution in [0.15, 0.2) is 28.7 Å². The lowest BCUT2D eigenvalue weighted by atomic mass is 10.1. The predicted octanol–water partition coefficient (Wildman–Crippen LogP) is 2.62. The Morgan fingerprint density at radius 1 is 1.29 bits per heavy atom. The van der Waals surface area contributed by atoms with Gasteiger partial charge < -0.3 is 4.42 Å². The van der Waals surface area contributed by atoms with Crippen LogP contribution in [0.3, 0.4) is 0 Å². The lowest BCUT2D eigenvalue weighted by Crippen LogP contribution is -1.91. The van der Waals surface area contributed by atoms with Crippen molar-refractivity contribution in [1.82, 2.24) is 10.2 Å². The van der Waals surface area contributed by atoms with Crippen LogP contribution in [0.1, 0.15) is 17.0 Å². The molecule has 2 rings (SSSR count). The summed E-state index contributed by atoms with van der Waals surface area (Å²) in [4.78, 5) is 0. The topological polar surface area (TPSA) is 38.9 Å². The summed E-state index contributed by atoms with van der Waals surface area (Å²) in [6, 6.07) is 8.07. The minimum atomic E-state index is 0.0913. The van der Waals surface area contributed by atoms with Gasteiger partial charge in [-0.15, -0.1) is 5.10 Å². The van der Waals surface area contributed by atoms with Gasteiger partial charge in [-0.05, 0) is 29.7 Å². The van der Waals surface area contributed by atoms with E-state index < -0.39 is 0 Å². The number of hydrogen-bond acceptors (Lipinski definition) is 3. The second kappa shape index (κ2) is 3.80. The van der Waals surface area contributed by atoms with Crippen molar-refractivity contribution in [2.24, 2.45) is 0 Å². The molecular weight excluding hydrogens is 200 g/mol. The zero-order chi connectivity index (χ0) is 9.97. The highest BCUT2D eigenvalue weighted by Gasteiger charge is 2.05. The first kappa shape index (κ1) is 9.21. The first-order valence-electron chi connectivity index (χ1n) is 4.28. The number of halogens is 1. The van der Waals surface area contributed by atoms with Crippen molar-refractivity contribution in [3.8, 4) is 0 Å². The van der Waals surface area contributed by atoms with Crippen molar-refractivity contribution in [2.45, 2.75) is 13.3 Å². The van der Waals surface area contributed by atoms with Crippen LogP contribution < -0.4 is 0 Å². The molecule has 4 heteroatoms. The third-order valence-corrected chi connectivity index (χ3v) is 2.20. The third kappa shape index (κ3) is 1.93. The van der Waals surface area contributed by atoms with Gasteiger partial charge in [0.05, 0.1) is 6.42 Å². The molecule has 1 aromatic carbocycles. The number of aryl methyl sites for hydroxylation is 1. The van der Waals surface area contributed by atoms with Gasteiger partial charge in [-0.25, -0.2) is 0 Å². The normalized spacial score (nSPS) is 10.4. The van der Waals surface area contributed by atoms with Crippen LogP contribution in [0.5, 0.6) is 0 Å². The van der Waals surface area contributed by atoms with E-state index in [1.54, 1.807) is 0 Å². The summed E-state index contributed by atoms with van der Waals surface area (Å²) in [5.74, 6) is 0.546. The first-order chi connectivity index (χ1) is 6.75.